The molecule has 3 rings (SSSR count). The third-order valence-electron chi connectivity index (χ3n) is 2.78. The highest BCUT2D eigenvalue weighted by Gasteiger charge is 2.27. The van der Waals surface area contributed by atoms with E-state index in [0.29, 0.717) is 22.8 Å². The van der Waals surface area contributed by atoms with E-state index in [-0.39, 0.29) is 12.2 Å². The molecule has 0 spiro atoms. The van der Waals surface area contributed by atoms with Gasteiger partial charge in [-0.2, -0.15) is 0 Å². The van der Waals surface area contributed by atoms with Gasteiger partial charge in [0.25, 0.3) is 5.56 Å². The second kappa shape index (κ2) is 2.93. The van der Waals surface area contributed by atoms with Crippen LogP contribution in [0.1, 0.15) is 30.1 Å². The molecule has 0 radical (unpaired) electrons. The number of hydrogen-bond acceptors (Lipinski definition) is 3. The van der Waals surface area contributed by atoms with E-state index in [4.69, 9.17) is 5.11 Å². The molecular formula is C10H11N3O2. The van der Waals surface area contributed by atoms with Gasteiger partial charge in [0.1, 0.15) is 17.9 Å². The number of imidazole rings is 1. The maximum Gasteiger partial charge on any atom is 0.273 e. The van der Waals surface area contributed by atoms with Crippen molar-refractivity contribution in [1.82, 2.24) is 15.0 Å². The fourth-order valence-electron chi connectivity index (χ4n) is 1.86. The zero-order chi connectivity index (χ0) is 10.4. The summed E-state index contributed by atoms with van der Waals surface area (Å²) in [6.45, 7) is -0.168. The highest BCUT2D eigenvalue weighted by molar-refractivity contribution is 5.78. The molecule has 0 saturated heterocycles. The number of aliphatic hydroxyl groups is 1. The van der Waals surface area contributed by atoms with Crippen molar-refractivity contribution in [3.8, 4) is 0 Å². The summed E-state index contributed by atoms with van der Waals surface area (Å²) in [6, 6.07) is 0. The molecule has 0 amide bonds. The number of nitrogens with zero attached hydrogens (tertiary/aromatic N) is 1. The van der Waals surface area contributed by atoms with Crippen LogP contribution in [0.5, 0.6) is 0 Å². The fraction of sp³-hybridized carbons (Fsp3) is 0.400. The molecule has 2 heterocycles. The molecule has 0 bridgehead atoms. The first-order valence-corrected chi connectivity index (χ1v) is 5.00. The summed E-state index contributed by atoms with van der Waals surface area (Å²) in [4.78, 5) is 21.2. The van der Waals surface area contributed by atoms with E-state index in [1.807, 2.05) is 0 Å². The van der Waals surface area contributed by atoms with Gasteiger partial charge >= 0.3 is 0 Å². The van der Waals surface area contributed by atoms with Crippen molar-refractivity contribution in [1.29, 1.82) is 0 Å². The average Bonchev–Trinajstić information content (AvgIpc) is 2.97. The number of aromatic nitrogens is 3. The van der Waals surface area contributed by atoms with Crippen LogP contribution in [-0.2, 0) is 6.61 Å². The van der Waals surface area contributed by atoms with Crippen LogP contribution in [0.4, 0.5) is 0 Å². The molecule has 0 aliphatic heterocycles. The van der Waals surface area contributed by atoms with E-state index >= 15 is 0 Å². The van der Waals surface area contributed by atoms with Crippen LogP contribution >= 0.6 is 0 Å². The number of pyridine rings is 1. The maximum atomic E-state index is 11.5. The Balaban J connectivity index is 2.32. The van der Waals surface area contributed by atoms with Crippen molar-refractivity contribution in [3.05, 3.63) is 27.9 Å². The van der Waals surface area contributed by atoms with Gasteiger partial charge in [-0.15, -0.1) is 0 Å². The Kier molecular flexibility index (Phi) is 1.70. The van der Waals surface area contributed by atoms with Gasteiger partial charge in [0.2, 0.25) is 0 Å². The zero-order valence-electron chi connectivity index (χ0n) is 8.08. The summed E-state index contributed by atoms with van der Waals surface area (Å²) in [5, 5.41) is 8.97. The molecule has 2 aromatic heterocycles. The van der Waals surface area contributed by atoms with Gasteiger partial charge in [0, 0.05) is 6.20 Å². The smallest absolute Gasteiger partial charge is 0.273 e. The first-order chi connectivity index (χ1) is 7.29. The molecule has 1 aliphatic carbocycles. The van der Waals surface area contributed by atoms with E-state index in [2.05, 4.69) is 15.0 Å². The Morgan fingerprint density at radius 3 is 3.00 bits per heavy atom. The van der Waals surface area contributed by atoms with E-state index < -0.39 is 0 Å². The van der Waals surface area contributed by atoms with E-state index in [1.54, 1.807) is 6.20 Å². The number of H-pyrrole nitrogens is 2. The van der Waals surface area contributed by atoms with Crippen LogP contribution in [-0.4, -0.2) is 20.1 Å². The SMILES string of the molecule is O=c1[nH]cc(C2CC2)c2nc(CO)[nH]c12. The molecular weight excluding hydrogens is 194 g/mol. The molecule has 1 fully saturated rings. The number of hydrogen-bond donors (Lipinski definition) is 3. The van der Waals surface area contributed by atoms with Crippen LogP contribution in [0.15, 0.2) is 11.0 Å². The van der Waals surface area contributed by atoms with Crippen molar-refractivity contribution in [2.45, 2.75) is 25.4 Å². The van der Waals surface area contributed by atoms with Crippen molar-refractivity contribution in [2.24, 2.45) is 0 Å². The first kappa shape index (κ1) is 8.67. The van der Waals surface area contributed by atoms with E-state index in [0.717, 1.165) is 18.4 Å². The minimum absolute atomic E-state index is 0.168. The topological polar surface area (TPSA) is 81.8 Å². The largest absolute Gasteiger partial charge is 0.388 e. The quantitative estimate of drug-likeness (QED) is 0.672. The Morgan fingerprint density at radius 1 is 1.53 bits per heavy atom. The lowest BCUT2D eigenvalue weighted by Gasteiger charge is -1.97. The summed E-state index contributed by atoms with van der Waals surface area (Å²) in [6.07, 6.45) is 4.05. The number of fused-ring (bicyclic) bond motifs is 1. The summed E-state index contributed by atoms with van der Waals surface area (Å²) in [5.41, 5.74) is 2.09. The normalized spacial score (nSPS) is 16.1. The van der Waals surface area contributed by atoms with Gasteiger partial charge in [-0.3, -0.25) is 4.79 Å². The van der Waals surface area contributed by atoms with Gasteiger partial charge in [-0.05, 0) is 24.3 Å². The van der Waals surface area contributed by atoms with Gasteiger partial charge in [-0.25, -0.2) is 4.98 Å². The van der Waals surface area contributed by atoms with Gasteiger partial charge in [0.15, 0.2) is 0 Å². The first-order valence-electron chi connectivity index (χ1n) is 5.00. The lowest BCUT2D eigenvalue weighted by atomic mass is 10.1. The summed E-state index contributed by atoms with van der Waals surface area (Å²) >= 11 is 0. The Morgan fingerprint density at radius 2 is 2.33 bits per heavy atom. The molecule has 3 N–H and O–H groups in total. The number of rotatable bonds is 2. The Labute approximate surface area is 85.2 Å². The van der Waals surface area contributed by atoms with Gasteiger partial charge < -0.3 is 15.1 Å². The Bertz CT molecular complexity index is 566. The van der Waals surface area contributed by atoms with Crippen LogP contribution in [0.25, 0.3) is 11.0 Å². The molecule has 5 heteroatoms. The third kappa shape index (κ3) is 1.27. The van der Waals surface area contributed by atoms with Crippen molar-refractivity contribution >= 4 is 11.0 Å². The van der Waals surface area contributed by atoms with Crippen molar-refractivity contribution in [2.75, 3.05) is 0 Å². The van der Waals surface area contributed by atoms with E-state index in [1.165, 1.54) is 0 Å². The van der Waals surface area contributed by atoms with Crippen LogP contribution in [0, 0.1) is 0 Å². The molecule has 1 aliphatic rings. The number of aliphatic hydroxyl groups excluding tert-OH is 1. The molecule has 0 aromatic carbocycles. The standard InChI is InChI=1S/C10H11N3O2/c14-4-7-12-8-6(5-1-2-5)3-11-10(15)9(8)13-7/h3,5,14H,1-2,4H2,(H,11,15)(H,12,13). The third-order valence-corrected chi connectivity index (χ3v) is 2.78. The summed E-state index contributed by atoms with van der Waals surface area (Å²) in [5.74, 6) is 0.975. The van der Waals surface area contributed by atoms with Crippen LogP contribution < -0.4 is 5.56 Å². The monoisotopic (exact) mass is 205 g/mol. The minimum atomic E-state index is -0.179. The molecule has 15 heavy (non-hydrogen) atoms. The predicted octanol–water partition coefficient (Wildman–Crippen LogP) is 0.621. The van der Waals surface area contributed by atoms with Crippen molar-refractivity contribution in [3.63, 3.8) is 0 Å². The summed E-state index contributed by atoms with van der Waals surface area (Å²) in [7, 11) is 0. The van der Waals surface area contributed by atoms with Gasteiger partial charge in [-0.1, -0.05) is 0 Å². The predicted molar refractivity (Wildman–Crippen MR) is 54.6 cm³/mol. The van der Waals surface area contributed by atoms with E-state index in [9.17, 15) is 4.79 Å². The molecule has 5 nitrogen and oxygen atoms in total. The molecule has 78 valence electrons. The molecule has 0 unspecified atom stereocenters. The molecule has 2 aromatic rings. The van der Waals surface area contributed by atoms with Gasteiger partial charge in [0.05, 0.1) is 5.52 Å². The highest BCUT2D eigenvalue weighted by atomic mass is 16.3. The minimum Gasteiger partial charge on any atom is -0.388 e. The summed E-state index contributed by atoms with van der Waals surface area (Å²) < 4.78 is 0. The second-order valence-corrected chi connectivity index (χ2v) is 3.91. The van der Waals surface area contributed by atoms with Crippen LogP contribution in [0.3, 0.4) is 0 Å². The average molecular weight is 205 g/mol. The highest BCUT2D eigenvalue weighted by Crippen LogP contribution is 2.41. The fourth-order valence-corrected chi connectivity index (χ4v) is 1.86. The zero-order valence-corrected chi connectivity index (χ0v) is 8.08. The van der Waals surface area contributed by atoms with Crippen LogP contribution in [0.2, 0.25) is 0 Å². The second-order valence-electron chi connectivity index (χ2n) is 3.91. The molecule has 0 atom stereocenters. The maximum absolute atomic E-state index is 11.5. The molecule has 1 saturated carbocycles. The number of aromatic amines is 2. The number of nitrogens with one attached hydrogen (secondary N) is 2. The lowest BCUT2D eigenvalue weighted by Crippen LogP contribution is -2.06. The lowest BCUT2D eigenvalue weighted by molar-refractivity contribution is 0.273. The van der Waals surface area contributed by atoms with Crippen molar-refractivity contribution < 1.29 is 5.11 Å². The Hall–Kier alpha value is -1.62.